The number of amides is 3. The predicted molar refractivity (Wildman–Crippen MR) is 113 cm³/mol. The van der Waals surface area contributed by atoms with E-state index in [0.29, 0.717) is 11.5 Å². The van der Waals surface area contributed by atoms with Gasteiger partial charge in [0.05, 0.1) is 12.0 Å². The fourth-order valence-electron chi connectivity index (χ4n) is 3.37. The van der Waals surface area contributed by atoms with Gasteiger partial charge in [-0.3, -0.25) is 19.2 Å². The molecule has 170 valence electrons. The number of rotatable bonds is 8. The van der Waals surface area contributed by atoms with Crippen LogP contribution in [0, 0.1) is 17.8 Å². The summed E-state index contributed by atoms with van der Waals surface area (Å²) in [4.78, 5) is 56.5. The molecule has 0 aliphatic carbocycles. The Morgan fingerprint density at radius 2 is 1.71 bits per heavy atom. The van der Waals surface area contributed by atoms with E-state index in [1.807, 2.05) is 32.0 Å². The topological polar surface area (TPSA) is 102 Å². The number of nitrogens with zero attached hydrogens (tertiary/aromatic N) is 1. The highest BCUT2D eigenvalue weighted by molar-refractivity contribution is 6.15. The third-order valence-electron chi connectivity index (χ3n) is 4.81. The molecule has 1 aromatic rings. The molecule has 31 heavy (non-hydrogen) atoms. The van der Waals surface area contributed by atoms with Gasteiger partial charge in [0.2, 0.25) is 0 Å². The fraction of sp³-hybridized carbons (Fsp3) is 0.565. The van der Waals surface area contributed by atoms with Crippen molar-refractivity contribution in [2.75, 3.05) is 0 Å². The molecule has 3 amide bonds. The van der Waals surface area contributed by atoms with Gasteiger partial charge in [-0.2, -0.15) is 5.06 Å². The van der Waals surface area contributed by atoms with Gasteiger partial charge in [-0.25, -0.2) is 4.79 Å². The first-order chi connectivity index (χ1) is 14.4. The summed E-state index contributed by atoms with van der Waals surface area (Å²) in [6.45, 7) is 10.5. The van der Waals surface area contributed by atoms with Gasteiger partial charge in [0.15, 0.2) is 5.78 Å². The molecular formula is C23H32N2O6. The van der Waals surface area contributed by atoms with Gasteiger partial charge in [0.1, 0.15) is 18.1 Å². The van der Waals surface area contributed by atoms with E-state index in [-0.39, 0.29) is 12.5 Å². The van der Waals surface area contributed by atoms with Crippen LogP contribution in [0.1, 0.15) is 53.5 Å². The maximum atomic E-state index is 13.2. The minimum absolute atomic E-state index is 0.0253. The monoisotopic (exact) mass is 432 g/mol. The normalized spacial score (nSPS) is 20.2. The molecule has 0 aromatic heterocycles. The molecule has 1 aromatic carbocycles. The quantitative estimate of drug-likeness (QED) is 0.500. The second-order valence-corrected chi connectivity index (χ2v) is 9.23. The largest absolute Gasteiger partial charge is 0.444 e. The molecule has 1 N–H and O–H groups in total. The van der Waals surface area contributed by atoms with E-state index in [4.69, 9.17) is 9.57 Å². The van der Waals surface area contributed by atoms with Crippen molar-refractivity contribution in [2.24, 2.45) is 17.8 Å². The van der Waals surface area contributed by atoms with Crippen molar-refractivity contribution in [3.05, 3.63) is 35.9 Å². The Morgan fingerprint density at radius 3 is 2.26 bits per heavy atom. The van der Waals surface area contributed by atoms with Crippen LogP contribution in [0.2, 0.25) is 0 Å². The van der Waals surface area contributed by atoms with Crippen molar-refractivity contribution >= 4 is 23.7 Å². The maximum Gasteiger partial charge on any atom is 0.408 e. The Morgan fingerprint density at radius 1 is 1.10 bits per heavy atom. The Kier molecular flexibility index (Phi) is 7.95. The first-order valence-electron chi connectivity index (χ1n) is 10.5. The Balaban J connectivity index is 2.14. The number of carbonyl (C=O) groups excluding carboxylic acids is 4. The zero-order valence-electron chi connectivity index (χ0n) is 19.0. The van der Waals surface area contributed by atoms with Crippen LogP contribution in [0.15, 0.2) is 30.3 Å². The van der Waals surface area contributed by atoms with Crippen molar-refractivity contribution in [1.29, 1.82) is 0 Å². The van der Waals surface area contributed by atoms with Crippen LogP contribution >= 0.6 is 0 Å². The summed E-state index contributed by atoms with van der Waals surface area (Å²) in [6, 6.07) is 8.15. The molecule has 2 rings (SSSR count). The highest BCUT2D eigenvalue weighted by atomic mass is 16.7. The number of alkyl carbamates (subject to hydrolysis) is 1. The lowest BCUT2D eigenvalue weighted by Gasteiger charge is -2.25. The van der Waals surface area contributed by atoms with Crippen LogP contribution in [0.25, 0.3) is 0 Å². The van der Waals surface area contributed by atoms with Crippen molar-refractivity contribution in [3.8, 4) is 0 Å². The Bertz CT molecular complexity index is 815. The maximum absolute atomic E-state index is 13.2. The van der Waals surface area contributed by atoms with Gasteiger partial charge >= 0.3 is 6.09 Å². The van der Waals surface area contributed by atoms with Crippen molar-refractivity contribution < 1.29 is 28.8 Å². The number of hydrogen-bond acceptors (Lipinski definition) is 6. The zero-order chi connectivity index (χ0) is 23.3. The SMILES string of the molecule is CC(C)CC(NC(=O)OC(C)(C)C)C(=O)C1C(=O)N(OCc2ccccc2)C(=O)C1C. The first-order valence-corrected chi connectivity index (χ1v) is 10.5. The molecule has 0 saturated carbocycles. The van der Waals surface area contributed by atoms with E-state index in [2.05, 4.69) is 5.32 Å². The van der Waals surface area contributed by atoms with Crippen LogP contribution < -0.4 is 5.32 Å². The summed E-state index contributed by atoms with van der Waals surface area (Å²) in [6.07, 6.45) is -0.429. The summed E-state index contributed by atoms with van der Waals surface area (Å²) in [5.41, 5.74) is 0.0547. The van der Waals surface area contributed by atoms with Gasteiger partial charge in [-0.15, -0.1) is 0 Å². The fourth-order valence-corrected chi connectivity index (χ4v) is 3.37. The third-order valence-corrected chi connectivity index (χ3v) is 4.81. The molecule has 1 heterocycles. The lowest BCUT2D eigenvalue weighted by molar-refractivity contribution is -0.193. The van der Waals surface area contributed by atoms with Gasteiger partial charge < -0.3 is 10.1 Å². The number of Topliss-reactive ketones (excluding diaryl/α,β-unsaturated/α-hetero) is 1. The van der Waals surface area contributed by atoms with E-state index < -0.39 is 47.2 Å². The van der Waals surface area contributed by atoms with E-state index in [1.54, 1.807) is 32.9 Å². The summed E-state index contributed by atoms with van der Waals surface area (Å²) in [5.74, 6) is -3.83. The molecule has 3 unspecified atom stereocenters. The number of carbonyl (C=O) groups is 4. The number of nitrogens with one attached hydrogen (secondary N) is 1. The number of ether oxygens (including phenoxy) is 1. The minimum Gasteiger partial charge on any atom is -0.444 e. The Hall–Kier alpha value is -2.74. The van der Waals surface area contributed by atoms with Gasteiger partial charge in [0.25, 0.3) is 11.8 Å². The highest BCUT2D eigenvalue weighted by Crippen LogP contribution is 2.29. The molecule has 1 fully saturated rings. The van der Waals surface area contributed by atoms with Crippen LogP contribution in [0.5, 0.6) is 0 Å². The molecule has 8 nitrogen and oxygen atoms in total. The second kappa shape index (κ2) is 10.0. The molecular weight excluding hydrogens is 400 g/mol. The molecule has 1 aliphatic rings. The van der Waals surface area contributed by atoms with E-state index >= 15 is 0 Å². The summed E-state index contributed by atoms with van der Waals surface area (Å²) >= 11 is 0. The molecule has 3 atom stereocenters. The predicted octanol–water partition coefficient (Wildman–Crippen LogP) is 3.25. The van der Waals surface area contributed by atoms with Crippen LogP contribution in [0.3, 0.4) is 0 Å². The smallest absolute Gasteiger partial charge is 0.408 e. The van der Waals surface area contributed by atoms with Crippen LogP contribution in [-0.4, -0.2) is 40.4 Å². The number of imide groups is 1. The van der Waals surface area contributed by atoms with Crippen molar-refractivity contribution in [2.45, 2.75) is 66.2 Å². The van der Waals surface area contributed by atoms with E-state index in [9.17, 15) is 19.2 Å². The van der Waals surface area contributed by atoms with Gasteiger partial charge in [0, 0.05) is 0 Å². The second-order valence-electron chi connectivity index (χ2n) is 9.23. The highest BCUT2D eigenvalue weighted by Gasteiger charge is 2.51. The summed E-state index contributed by atoms with van der Waals surface area (Å²) in [5, 5.41) is 3.26. The lowest BCUT2D eigenvalue weighted by atomic mass is 9.86. The molecule has 0 spiro atoms. The average Bonchev–Trinajstić information content (AvgIpc) is 2.86. The van der Waals surface area contributed by atoms with Crippen molar-refractivity contribution in [1.82, 2.24) is 10.4 Å². The molecule has 1 saturated heterocycles. The van der Waals surface area contributed by atoms with Crippen LogP contribution in [0.4, 0.5) is 4.79 Å². The molecule has 1 aliphatic heterocycles. The summed E-state index contributed by atoms with van der Waals surface area (Å²) in [7, 11) is 0. The van der Waals surface area contributed by atoms with E-state index in [0.717, 1.165) is 5.56 Å². The minimum atomic E-state index is -1.22. The van der Waals surface area contributed by atoms with Crippen molar-refractivity contribution in [3.63, 3.8) is 0 Å². The summed E-state index contributed by atoms with van der Waals surface area (Å²) < 4.78 is 5.26. The average molecular weight is 433 g/mol. The molecule has 0 radical (unpaired) electrons. The molecule has 0 bridgehead atoms. The van der Waals surface area contributed by atoms with Gasteiger partial charge in [-0.05, 0) is 38.7 Å². The van der Waals surface area contributed by atoms with Crippen LogP contribution in [-0.2, 0) is 30.6 Å². The zero-order valence-corrected chi connectivity index (χ0v) is 19.0. The lowest BCUT2D eigenvalue weighted by Crippen LogP contribution is -2.48. The number of ketones is 1. The first kappa shape index (κ1) is 24.5. The number of hydroxylamine groups is 2. The van der Waals surface area contributed by atoms with Gasteiger partial charge in [-0.1, -0.05) is 51.1 Å². The number of hydrogen-bond donors (Lipinski definition) is 1. The third kappa shape index (κ3) is 6.62. The number of benzene rings is 1. The van der Waals surface area contributed by atoms with E-state index in [1.165, 1.54) is 6.92 Å². The Labute approximate surface area is 183 Å². The molecule has 8 heteroatoms. The standard InChI is InChI=1S/C23H32N2O6/c1-14(2)12-17(24-22(29)31-23(4,5)6)19(26)18-15(3)20(27)25(21(18)28)30-13-16-10-8-7-9-11-16/h7-11,14-15,17-18H,12-13H2,1-6H3,(H,24,29).